The average Bonchev–Trinajstić information content (AvgIpc) is 3.25. The van der Waals surface area contributed by atoms with Crippen molar-refractivity contribution in [2.24, 2.45) is 4.99 Å². The first-order chi connectivity index (χ1) is 13.0. The number of methoxy groups -OCH3 is 2. The van der Waals surface area contributed by atoms with Crippen LogP contribution in [0.3, 0.4) is 0 Å². The van der Waals surface area contributed by atoms with Crippen molar-refractivity contribution < 1.29 is 19.1 Å². The van der Waals surface area contributed by atoms with Crippen LogP contribution in [0.25, 0.3) is 6.08 Å². The van der Waals surface area contributed by atoms with Gasteiger partial charge in [0.25, 0.3) is 5.91 Å². The number of carbonyl (C=O) groups is 2. The minimum Gasteiger partial charge on any atom is -0.493 e. The third-order valence-electron chi connectivity index (χ3n) is 3.71. The maximum Gasteiger partial charge on any atom is 0.266 e. The monoisotopic (exact) mass is 423 g/mol. The molecule has 3 rings (SSSR count). The van der Waals surface area contributed by atoms with Gasteiger partial charge in [-0.3, -0.25) is 19.5 Å². The minimum atomic E-state index is -0.313. The number of carbonyl (C=O) groups excluding carboxylic acids is 2. The number of nitrogens with one attached hydrogen (secondary N) is 1. The van der Waals surface area contributed by atoms with Gasteiger partial charge in [-0.25, -0.2) is 0 Å². The van der Waals surface area contributed by atoms with Crippen molar-refractivity contribution in [3.8, 4) is 11.5 Å². The van der Waals surface area contributed by atoms with E-state index in [1.165, 1.54) is 28.4 Å². The predicted octanol–water partition coefficient (Wildman–Crippen LogP) is 2.12. The van der Waals surface area contributed by atoms with Gasteiger partial charge in [0, 0.05) is 5.75 Å². The fourth-order valence-electron chi connectivity index (χ4n) is 2.44. The van der Waals surface area contributed by atoms with E-state index in [1.807, 2.05) is 6.07 Å². The van der Waals surface area contributed by atoms with Crippen LogP contribution in [0.15, 0.2) is 28.1 Å². The molecule has 0 radical (unpaired) electrons. The molecule has 0 bridgehead atoms. The Labute approximate surface area is 170 Å². The maximum atomic E-state index is 12.6. The third-order valence-corrected chi connectivity index (χ3v) is 5.98. The molecule has 0 aliphatic carbocycles. The van der Waals surface area contributed by atoms with Crippen molar-refractivity contribution in [1.29, 1.82) is 0 Å². The van der Waals surface area contributed by atoms with Gasteiger partial charge in [0.15, 0.2) is 16.7 Å². The third kappa shape index (κ3) is 4.63. The Kier molecular flexibility index (Phi) is 6.40. The first kappa shape index (κ1) is 19.7. The Hall–Kier alpha value is -2.04. The number of aliphatic imine (C=N–C) groups is 1. The van der Waals surface area contributed by atoms with Crippen molar-refractivity contribution >= 4 is 63.1 Å². The molecule has 0 saturated carbocycles. The van der Waals surface area contributed by atoms with Crippen LogP contribution < -0.4 is 14.8 Å². The van der Waals surface area contributed by atoms with Crippen LogP contribution in [0.5, 0.6) is 11.5 Å². The highest BCUT2D eigenvalue weighted by Crippen LogP contribution is 2.34. The number of thiocarbonyl (C=S) groups is 1. The molecule has 1 aromatic rings. The summed E-state index contributed by atoms with van der Waals surface area (Å²) in [5.74, 6) is 1.41. The summed E-state index contributed by atoms with van der Waals surface area (Å²) >= 11 is 7.92. The molecule has 1 aromatic carbocycles. The zero-order valence-electron chi connectivity index (χ0n) is 14.7. The van der Waals surface area contributed by atoms with Gasteiger partial charge in [-0.15, -0.1) is 0 Å². The van der Waals surface area contributed by atoms with E-state index in [-0.39, 0.29) is 18.4 Å². The lowest BCUT2D eigenvalue weighted by Crippen LogP contribution is -2.40. The zero-order valence-corrected chi connectivity index (χ0v) is 17.1. The lowest BCUT2D eigenvalue weighted by molar-refractivity contribution is -0.128. The van der Waals surface area contributed by atoms with E-state index in [4.69, 9.17) is 21.7 Å². The lowest BCUT2D eigenvalue weighted by atomic mass is 10.2. The van der Waals surface area contributed by atoms with E-state index in [0.717, 1.165) is 11.3 Å². The van der Waals surface area contributed by atoms with E-state index in [1.54, 1.807) is 32.4 Å². The number of hydrogen-bond acceptors (Lipinski definition) is 8. The van der Waals surface area contributed by atoms with Gasteiger partial charge < -0.3 is 14.8 Å². The SMILES string of the molecule is COc1ccc(/C=C2\SC(=S)N(CC(=O)NC3=NCCS3)C2=O)cc1OC. The van der Waals surface area contributed by atoms with Crippen molar-refractivity contribution in [1.82, 2.24) is 10.2 Å². The maximum absolute atomic E-state index is 12.6. The zero-order chi connectivity index (χ0) is 19.4. The number of amidine groups is 1. The van der Waals surface area contributed by atoms with E-state index >= 15 is 0 Å². The molecular weight excluding hydrogens is 406 g/mol. The molecule has 0 aromatic heterocycles. The Morgan fingerprint density at radius 2 is 2.15 bits per heavy atom. The second kappa shape index (κ2) is 8.77. The van der Waals surface area contributed by atoms with Gasteiger partial charge in [-0.2, -0.15) is 0 Å². The lowest BCUT2D eigenvalue weighted by Gasteiger charge is -2.13. The van der Waals surface area contributed by atoms with Crippen molar-refractivity contribution in [2.45, 2.75) is 0 Å². The molecule has 7 nitrogen and oxygen atoms in total. The number of thioether (sulfide) groups is 2. The summed E-state index contributed by atoms with van der Waals surface area (Å²) in [7, 11) is 3.11. The number of nitrogens with zero attached hydrogens (tertiary/aromatic N) is 2. The molecule has 2 aliphatic heterocycles. The van der Waals surface area contributed by atoms with Crippen molar-refractivity contribution in [2.75, 3.05) is 33.1 Å². The van der Waals surface area contributed by atoms with E-state index in [9.17, 15) is 9.59 Å². The van der Waals surface area contributed by atoms with Gasteiger partial charge in [0.1, 0.15) is 10.9 Å². The molecule has 0 unspecified atom stereocenters. The van der Waals surface area contributed by atoms with Crippen LogP contribution in [0, 0.1) is 0 Å². The predicted molar refractivity (Wildman–Crippen MR) is 112 cm³/mol. The quantitative estimate of drug-likeness (QED) is 0.574. The average molecular weight is 424 g/mol. The van der Waals surface area contributed by atoms with Gasteiger partial charge in [0.05, 0.1) is 25.7 Å². The number of benzene rings is 1. The molecule has 0 spiro atoms. The molecule has 10 heteroatoms. The number of rotatable bonds is 5. The Morgan fingerprint density at radius 3 is 2.81 bits per heavy atom. The van der Waals surface area contributed by atoms with E-state index < -0.39 is 0 Å². The molecule has 2 heterocycles. The molecule has 2 aliphatic rings. The molecule has 0 atom stereocenters. The Bertz CT molecular complexity index is 854. The Morgan fingerprint density at radius 1 is 1.37 bits per heavy atom. The van der Waals surface area contributed by atoms with Gasteiger partial charge in [-0.05, 0) is 23.8 Å². The van der Waals surface area contributed by atoms with Gasteiger partial charge in [0.2, 0.25) is 5.91 Å². The second-order valence-electron chi connectivity index (χ2n) is 5.47. The standard InChI is InChI=1S/C17H17N3O4S3/c1-23-11-4-3-10(7-12(11)24-2)8-13-15(22)20(17(25)27-13)9-14(21)19-16-18-5-6-26-16/h3-4,7-8H,5-6,9H2,1-2H3,(H,18,19,21)/b13-8-. The second-order valence-corrected chi connectivity index (χ2v) is 8.23. The fraction of sp³-hybridized carbons (Fsp3) is 0.294. The van der Waals surface area contributed by atoms with Crippen molar-refractivity contribution in [3.05, 3.63) is 28.7 Å². The van der Waals surface area contributed by atoms with Gasteiger partial charge >= 0.3 is 0 Å². The highest BCUT2D eigenvalue weighted by molar-refractivity contribution is 8.26. The van der Waals surface area contributed by atoms with Crippen LogP contribution in [0.4, 0.5) is 0 Å². The van der Waals surface area contributed by atoms with Crippen LogP contribution >= 0.6 is 35.7 Å². The summed E-state index contributed by atoms with van der Waals surface area (Å²) in [6.45, 7) is 0.558. The largest absolute Gasteiger partial charge is 0.493 e. The first-order valence-corrected chi connectivity index (χ1v) is 10.2. The number of amides is 2. The number of ether oxygens (including phenoxy) is 2. The molecule has 1 fully saturated rings. The van der Waals surface area contributed by atoms with E-state index in [0.29, 0.717) is 32.4 Å². The highest BCUT2D eigenvalue weighted by Gasteiger charge is 2.33. The molecule has 2 amide bonds. The highest BCUT2D eigenvalue weighted by atomic mass is 32.2. The fourth-order valence-corrected chi connectivity index (χ4v) is 4.44. The molecule has 27 heavy (non-hydrogen) atoms. The Balaban J connectivity index is 1.71. The topological polar surface area (TPSA) is 80.2 Å². The normalized spacial score (nSPS) is 18.1. The van der Waals surface area contributed by atoms with Crippen LogP contribution in [-0.2, 0) is 9.59 Å². The molecule has 1 N–H and O–H groups in total. The van der Waals surface area contributed by atoms with E-state index in [2.05, 4.69) is 10.3 Å². The number of hydrogen-bond donors (Lipinski definition) is 1. The summed E-state index contributed by atoms with van der Waals surface area (Å²) in [4.78, 5) is 30.7. The van der Waals surface area contributed by atoms with Crippen molar-refractivity contribution in [3.63, 3.8) is 0 Å². The summed E-state index contributed by atoms with van der Waals surface area (Å²) in [5, 5.41) is 3.29. The summed E-state index contributed by atoms with van der Waals surface area (Å²) in [5.41, 5.74) is 0.773. The molecular formula is C17H17N3O4S3. The summed E-state index contributed by atoms with van der Waals surface area (Å²) < 4.78 is 10.8. The summed E-state index contributed by atoms with van der Waals surface area (Å²) in [6.07, 6.45) is 1.72. The molecule has 1 saturated heterocycles. The minimum absolute atomic E-state index is 0.131. The summed E-state index contributed by atoms with van der Waals surface area (Å²) in [6, 6.07) is 5.35. The van der Waals surface area contributed by atoms with Gasteiger partial charge in [-0.1, -0.05) is 41.8 Å². The smallest absolute Gasteiger partial charge is 0.266 e. The van der Waals surface area contributed by atoms with Crippen LogP contribution in [-0.4, -0.2) is 59.3 Å². The first-order valence-electron chi connectivity index (χ1n) is 7.96. The van der Waals surface area contributed by atoms with Crippen LogP contribution in [0.1, 0.15) is 5.56 Å². The molecule has 142 valence electrons. The van der Waals surface area contributed by atoms with Crippen LogP contribution in [0.2, 0.25) is 0 Å².